The highest BCUT2D eigenvalue weighted by molar-refractivity contribution is 6.30. The second-order valence-electron chi connectivity index (χ2n) is 4.39. The second-order valence-corrected chi connectivity index (χ2v) is 4.77. The Hall–Kier alpha value is -0.850. The molecular formula is C12H13ClF4N2. The van der Waals surface area contributed by atoms with E-state index in [0.29, 0.717) is 6.54 Å². The molecule has 1 aliphatic rings. The number of rotatable bonds is 3. The van der Waals surface area contributed by atoms with Gasteiger partial charge in [-0.25, -0.2) is 17.6 Å². The predicted octanol–water partition coefficient (Wildman–Crippen LogP) is 2.34. The van der Waals surface area contributed by atoms with Crippen molar-refractivity contribution in [2.75, 3.05) is 32.7 Å². The lowest BCUT2D eigenvalue weighted by molar-refractivity contribution is 0.241. The van der Waals surface area contributed by atoms with Crippen molar-refractivity contribution in [3.8, 4) is 0 Å². The summed E-state index contributed by atoms with van der Waals surface area (Å²) in [7, 11) is 0. The van der Waals surface area contributed by atoms with Crippen LogP contribution in [0.1, 0.15) is 5.56 Å². The first-order chi connectivity index (χ1) is 9.02. The van der Waals surface area contributed by atoms with Crippen LogP contribution in [0.2, 0.25) is 5.02 Å². The van der Waals surface area contributed by atoms with E-state index in [2.05, 4.69) is 5.32 Å². The van der Waals surface area contributed by atoms with E-state index < -0.39 is 33.9 Å². The molecule has 2 rings (SSSR count). The fraction of sp³-hybridized carbons (Fsp3) is 0.500. The smallest absolute Gasteiger partial charge is 0.180 e. The zero-order valence-corrected chi connectivity index (χ0v) is 10.8. The molecular weight excluding hydrogens is 284 g/mol. The molecule has 1 N–H and O–H groups in total. The van der Waals surface area contributed by atoms with Gasteiger partial charge < -0.3 is 10.2 Å². The van der Waals surface area contributed by atoms with Crippen LogP contribution in [-0.4, -0.2) is 37.6 Å². The van der Waals surface area contributed by atoms with E-state index in [-0.39, 0.29) is 6.42 Å². The summed E-state index contributed by atoms with van der Waals surface area (Å²) in [5, 5.41) is 2.00. The number of nitrogens with zero attached hydrogens (tertiary/aromatic N) is 1. The van der Waals surface area contributed by atoms with Gasteiger partial charge in [0.1, 0.15) is 5.02 Å². The molecule has 19 heavy (non-hydrogen) atoms. The Kier molecular flexibility index (Phi) is 4.65. The standard InChI is InChI=1S/C12H13ClF4N2/c13-8-11(16)9(14)7(10(15)12(8)17)1-4-19-5-2-18-3-6-19/h18H,1-6H2. The third kappa shape index (κ3) is 3.01. The number of halogens is 5. The third-order valence-electron chi connectivity index (χ3n) is 3.19. The molecule has 0 bridgehead atoms. The topological polar surface area (TPSA) is 15.3 Å². The molecule has 0 amide bonds. The average Bonchev–Trinajstić information content (AvgIpc) is 2.44. The van der Waals surface area contributed by atoms with Crippen LogP contribution >= 0.6 is 11.6 Å². The minimum absolute atomic E-state index is 0.0946. The minimum Gasteiger partial charge on any atom is -0.314 e. The van der Waals surface area contributed by atoms with E-state index in [1.807, 2.05) is 4.90 Å². The molecule has 7 heteroatoms. The van der Waals surface area contributed by atoms with E-state index in [0.717, 1.165) is 26.2 Å². The first-order valence-corrected chi connectivity index (χ1v) is 6.33. The highest BCUT2D eigenvalue weighted by Crippen LogP contribution is 2.28. The summed E-state index contributed by atoms with van der Waals surface area (Å²) in [6, 6.07) is 0. The summed E-state index contributed by atoms with van der Waals surface area (Å²) in [5.41, 5.74) is -0.585. The molecule has 0 radical (unpaired) electrons. The van der Waals surface area contributed by atoms with Gasteiger partial charge in [-0.15, -0.1) is 0 Å². The number of hydrogen-bond acceptors (Lipinski definition) is 2. The SMILES string of the molecule is Fc1c(F)c(CCN2CCNCC2)c(F)c(F)c1Cl. The van der Waals surface area contributed by atoms with Crippen LogP contribution in [0.5, 0.6) is 0 Å². The summed E-state index contributed by atoms with van der Waals surface area (Å²) in [4.78, 5) is 1.97. The molecule has 1 fully saturated rings. The van der Waals surface area contributed by atoms with Crippen LogP contribution in [0.25, 0.3) is 0 Å². The summed E-state index contributed by atoms with van der Waals surface area (Å²) < 4.78 is 53.6. The molecule has 2 nitrogen and oxygen atoms in total. The van der Waals surface area contributed by atoms with Gasteiger partial charge in [-0.2, -0.15) is 0 Å². The lowest BCUT2D eigenvalue weighted by Gasteiger charge is -2.27. The van der Waals surface area contributed by atoms with Gasteiger partial charge in [-0.1, -0.05) is 11.6 Å². The maximum absolute atomic E-state index is 13.6. The number of nitrogens with one attached hydrogen (secondary N) is 1. The van der Waals surface area contributed by atoms with Crippen molar-refractivity contribution in [3.05, 3.63) is 33.9 Å². The fourth-order valence-corrected chi connectivity index (χ4v) is 2.24. The molecule has 1 aliphatic heterocycles. The number of hydrogen-bond donors (Lipinski definition) is 1. The summed E-state index contributed by atoms with van der Waals surface area (Å²) in [6.45, 7) is 3.39. The van der Waals surface area contributed by atoms with Crippen LogP contribution < -0.4 is 5.32 Å². The molecule has 0 saturated carbocycles. The van der Waals surface area contributed by atoms with Gasteiger partial charge in [0.2, 0.25) is 0 Å². The van der Waals surface area contributed by atoms with Crippen LogP contribution in [0, 0.1) is 23.3 Å². The van der Waals surface area contributed by atoms with Gasteiger partial charge in [-0.05, 0) is 6.42 Å². The molecule has 1 saturated heterocycles. The van der Waals surface area contributed by atoms with Crippen molar-refractivity contribution in [1.82, 2.24) is 10.2 Å². The van der Waals surface area contributed by atoms with E-state index in [1.54, 1.807) is 0 Å². The molecule has 1 aromatic carbocycles. The Morgan fingerprint density at radius 3 is 2.00 bits per heavy atom. The Labute approximate surface area is 113 Å². The van der Waals surface area contributed by atoms with Crippen LogP contribution in [0.3, 0.4) is 0 Å². The number of piperazine rings is 1. The minimum atomic E-state index is -1.53. The van der Waals surface area contributed by atoms with Crippen LogP contribution in [0.15, 0.2) is 0 Å². The van der Waals surface area contributed by atoms with Gasteiger partial charge in [0.15, 0.2) is 23.3 Å². The first kappa shape index (κ1) is 14.6. The monoisotopic (exact) mass is 296 g/mol. The normalized spacial score (nSPS) is 16.9. The van der Waals surface area contributed by atoms with Gasteiger partial charge in [0, 0.05) is 38.3 Å². The second kappa shape index (κ2) is 6.07. The summed E-state index contributed by atoms with van der Waals surface area (Å²) in [5.74, 6) is -5.87. The molecule has 106 valence electrons. The van der Waals surface area contributed by atoms with Crippen molar-refractivity contribution in [2.45, 2.75) is 6.42 Å². The fourth-order valence-electron chi connectivity index (χ4n) is 2.07. The molecule has 0 spiro atoms. The highest BCUT2D eigenvalue weighted by Gasteiger charge is 2.24. The zero-order chi connectivity index (χ0) is 14.0. The van der Waals surface area contributed by atoms with Crippen molar-refractivity contribution in [2.24, 2.45) is 0 Å². The molecule has 0 unspecified atom stereocenters. The molecule has 1 heterocycles. The van der Waals surface area contributed by atoms with Crippen LogP contribution in [-0.2, 0) is 6.42 Å². The first-order valence-electron chi connectivity index (χ1n) is 5.95. The lowest BCUT2D eigenvalue weighted by Crippen LogP contribution is -2.44. The maximum Gasteiger partial charge on any atom is 0.180 e. The molecule has 0 aromatic heterocycles. The Balaban J connectivity index is 2.15. The third-order valence-corrected chi connectivity index (χ3v) is 3.52. The largest absolute Gasteiger partial charge is 0.314 e. The predicted molar refractivity (Wildman–Crippen MR) is 64.3 cm³/mol. The molecule has 1 aromatic rings. The zero-order valence-electron chi connectivity index (χ0n) is 10.1. The van der Waals surface area contributed by atoms with Crippen molar-refractivity contribution in [1.29, 1.82) is 0 Å². The quantitative estimate of drug-likeness (QED) is 0.523. The average molecular weight is 297 g/mol. The van der Waals surface area contributed by atoms with E-state index >= 15 is 0 Å². The van der Waals surface area contributed by atoms with E-state index in [9.17, 15) is 17.6 Å². The number of benzene rings is 1. The van der Waals surface area contributed by atoms with Crippen molar-refractivity contribution in [3.63, 3.8) is 0 Å². The van der Waals surface area contributed by atoms with Gasteiger partial charge in [0.05, 0.1) is 0 Å². The van der Waals surface area contributed by atoms with E-state index in [4.69, 9.17) is 11.6 Å². The molecule has 0 aliphatic carbocycles. The molecule has 0 atom stereocenters. The van der Waals surface area contributed by atoms with E-state index in [1.165, 1.54) is 0 Å². The maximum atomic E-state index is 13.6. The van der Waals surface area contributed by atoms with Gasteiger partial charge in [0.25, 0.3) is 0 Å². The highest BCUT2D eigenvalue weighted by atomic mass is 35.5. The van der Waals surface area contributed by atoms with Crippen molar-refractivity contribution < 1.29 is 17.6 Å². The summed E-state index contributed by atoms with van der Waals surface area (Å²) >= 11 is 5.16. The lowest BCUT2D eigenvalue weighted by atomic mass is 10.1. The Morgan fingerprint density at radius 2 is 1.47 bits per heavy atom. The van der Waals surface area contributed by atoms with Gasteiger partial charge in [-0.3, -0.25) is 0 Å². The van der Waals surface area contributed by atoms with Crippen molar-refractivity contribution >= 4 is 11.6 Å². The Morgan fingerprint density at radius 1 is 0.947 bits per heavy atom. The Bertz CT molecular complexity index is 446. The summed E-state index contributed by atoms with van der Waals surface area (Å²) in [6.07, 6.45) is -0.0946. The van der Waals surface area contributed by atoms with Crippen LogP contribution in [0.4, 0.5) is 17.6 Å². The van der Waals surface area contributed by atoms with Gasteiger partial charge >= 0.3 is 0 Å².